The number of hydrogen-bond acceptors (Lipinski definition) is 5. The highest BCUT2D eigenvalue weighted by Gasteiger charge is 2.09. The van der Waals surface area contributed by atoms with E-state index in [0.29, 0.717) is 5.56 Å². The Bertz CT molecular complexity index is 759. The van der Waals surface area contributed by atoms with E-state index < -0.39 is 16.1 Å². The van der Waals surface area contributed by atoms with Crippen molar-refractivity contribution in [3.63, 3.8) is 0 Å². The number of rotatable bonds is 4. The number of benzene rings is 2. The van der Waals surface area contributed by atoms with Crippen LogP contribution in [0.3, 0.4) is 0 Å². The molecule has 2 aromatic carbocycles. The largest absolute Gasteiger partial charge is 0.744 e. The Balaban J connectivity index is 2.13. The molecule has 108 valence electrons. The molecule has 0 fully saturated rings. The number of hydrogen-bond donors (Lipinski definition) is 0. The van der Waals surface area contributed by atoms with Crippen molar-refractivity contribution in [1.29, 1.82) is 0 Å². The monoisotopic (exact) mass is 303 g/mol. The average molecular weight is 303 g/mol. The molecule has 0 saturated heterocycles. The van der Waals surface area contributed by atoms with E-state index in [0.717, 1.165) is 17.7 Å². The van der Waals surface area contributed by atoms with Gasteiger partial charge in [0.1, 0.15) is 15.9 Å². The predicted molar refractivity (Wildman–Crippen MR) is 75.9 cm³/mol. The second kappa shape index (κ2) is 5.90. The van der Waals surface area contributed by atoms with Crippen molar-refractivity contribution in [2.75, 3.05) is 0 Å². The van der Waals surface area contributed by atoms with Gasteiger partial charge in [0.15, 0.2) is 0 Å². The summed E-state index contributed by atoms with van der Waals surface area (Å²) >= 11 is 0. The van der Waals surface area contributed by atoms with Gasteiger partial charge in [-0.3, -0.25) is 0 Å². The molecule has 0 bridgehead atoms. The van der Waals surface area contributed by atoms with Crippen LogP contribution in [0.2, 0.25) is 0 Å². The second-order valence-corrected chi connectivity index (χ2v) is 5.52. The molecule has 0 radical (unpaired) electrons. The Labute approximate surface area is 122 Å². The van der Waals surface area contributed by atoms with Gasteiger partial charge in [0, 0.05) is 0 Å². The van der Waals surface area contributed by atoms with Gasteiger partial charge in [-0.05, 0) is 42.0 Å². The molecule has 0 N–H and O–H groups in total. The summed E-state index contributed by atoms with van der Waals surface area (Å²) in [6, 6.07) is 11.3. The highest BCUT2D eigenvalue weighted by Crippen LogP contribution is 2.17. The Morgan fingerprint density at radius 2 is 1.62 bits per heavy atom. The van der Waals surface area contributed by atoms with Crippen LogP contribution in [0.25, 0.3) is 6.08 Å². The van der Waals surface area contributed by atoms with Crippen molar-refractivity contribution in [3.05, 3.63) is 66.2 Å². The molecule has 0 atom stereocenters. The second-order valence-electron chi connectivity index (χ2n) is 4.14. The topological polar surface area (TPSA) is 83.5 Å². The number of esters is 1. The first-order chi connectivity index (χ1) is 9.90. The minimum absolute atomic E-state index is 0.153. The zero-order valence-corrected chi connectivity index (χ0v) is 11.7. The summed E-state index contributed by atoms with van der Waals surface area (Å²) in [5.41, 5.74) is 1.22. The van der Waals surface area contributed by atoms with Crippen LogP contribution in [0.15, 0.2) is 60.0 Å². The molecule has 21 heavy (non-hydrogen) atoms. The highest BCUT2D eigenvalue weighted by atomic mass is 32.2. The molecule has 0 aliphatic carbocycles. The molecule has 5 nitrogen and oxygen atoms in total. The molecule has 6 heteroatoms. The van der Waals surface area contributed by atoms with Gasteiger partial charge in [-0.1, -0.05) is 24.8 Å². The van der Waals surface area contributed by atoms with Crippen molar-refractivity contribution in [3.8, 4) is 5.75 Å². The van der Waals surface area contributed by atoms with E-state index >= 15 is 0 Å². The summed E-state index contributed by atoms with van der Waals surface area (Å²) in [4.78, 5) is 11.5. The molecular weight excluding hydrogens is 292 g/mol. The molecular formula is C15H11O5S-. The average Bonchev–Trinajstić information content (AvgIpc) is 2.47. The van der Waals surface area contributed by atoms with Crippen molar-refractivity contribution in [2.24, 2.45) is 0 Å². The first kappa shape index (κ1) is 15.0. The first-order valence-electron chi connectivity index (χ1n) is 5.91. The Morgan fingerprint density at radius 3 is 2.10 bits per heavy atom. The smallest absolute Gasteiger partial charge is 0.343 e. The lowest BCUT2D eigenvalue weighted by atomic mass is 10.1. The van der Waals surface area contributed by atoms with E-state index in [-0.39, 0.29) is 10.6 Å². The highest BCUT2D eigenvalue weighted by molar-refractivity contribution is 7.85. The zero-order chi connectivity index (χ0) is 15.5. The summed E-state index contributed by atoms with van der Waals surface area (Å²) in [5, 5.41) is 0. The van der Waals surface area contributed by atoms with Crippen LogP contribution in [-0.2, 0) is 10.1 Å². The van der Waals surface area contributed by atoms with Crippen molar-refractivity contribution in [2.45, 2.75) is 4.90 Å². The van der Waals surface area contributed by atoms with Gasteiger partial charge in [-0.15, -0.1) is 0 Å². The van der Waals surface area contributed by atoms with Crippen LogP contribution >= 0.6 is 0 Å². The molecule has 0 aliphatic heterocycles. The predicted octanol–water partition coefficient (Wildman–Crippen LogP) is 2.45. The van der Waals surface area contributed by atoms with Crippen molar-refractivity contribution in [1.82, 2.24) is 0 Å². The molecule has 0 heterocycles. The maximum absolute atomic E-state index is 11.9. The molecule has 0 unspecified atom stereocenters. The van der Waals surface area contributed by atoms with E-state index in [1.807, 2.05) is 0 Å². The van der Waals surface area contributed by atoms with Crippen LogP contribution in [0, 0.1) is 0 Å². The normalized spacial score (nSPS) is 10.9. The standard InChI is InChI=1S/C15H12O5S/c1-2-11-3-5-12(6-4-11)15(16)20-13-7-9-14(10-8-13)21(17,18)19/h2-10H,1H2,(H,17,18,19)/p-1. The third kappa shape index (κ3) is 3.77. The molecule has 0 aliphatic rings. The lowest BCUT2D eigenvalue weighted by Crippen LogP contribution is -2.08. The summed E-state index contributed by atoms with van der Waals surface area (Å²) in [7, 11) is -4.51. The molecule has 0 spiro atoms. The van der Waals surface area contributed by atoms with Gasteiger partial charge in [-0.25, -0.2) is 13.2 Å². The van der Waals surface area contributed by atoms with Gasteiger partial charge >= 0.3 is 5.97 Å². The van der Waals surface area contributed by atoms with Crippen LogP contribution in [0.4, 0.5) is 0 Å². The summed E-state index contributed by atoms with van der Waals surface area (Å²) in [6.45, 7) is 3.61. The van der Waals surface area contributed by atoms with Crippen LogP contribution < -0.4 is 4.74 Å². The van der Waals surface area contributed by atoms with Gasteiger partial charge in [0.05, 0.1) is 10.5 Å². The van der Waals surface area contributed by atoms with Gasteiger partial charge in [0.25, 0.3) is 0 Å². The third-order valence-electron chi connectivity index (χ3n) is 2.71. The van der Waals surface area contributed by atoms with E-state index in [4.69, 9.17) is 4.74 Å². The third-order valence-corrected chi connectivity index (χ3v) is 3.55. The van der Waals surface area contributed by atoms with Gasteiger partial charge in [0.2, 0.25) is 0 Å². The summed E-state index contributed by atoms with van der Waals surface area (Å²) in [5.74, 6) is -0.427. The first-order valence-corrected chi connectivity index (χ1v) is 7.31. The maximum Gasteiger partial charge on any atom is 0.343 e. The lowest BCUT2D eigenvalue weighted by molar-refractivity contribution is 0.0734. The quantitative estimate of drug-likeness (QED) is 0.492. The van der Waals surface area contributed by atoms with Crippen LogP contribution in [0.1, 0.15) is 15.9 Å². The van der Waals surface area contributed by atoms with Crippen LogP contribution in [0.5, 0.6) is 5.75 Å². The van der Waals surface area contributed by atoms with E-state index in [9.17, 15) is 17.8 Å². The zero-order valence-electron chi connectivity index (χ0n) is 10.9. The van der Waals surface area contributed by atoms with Crippen molar-refractivity contribution >= 4 is 22.2 Å². The van der Waals surface area contributed by atoms with E-state index in [2.05, 4.69) is 6.58 Å². The fraction of sp³-hybridized carbons (Fsp3) is 0. The fourth-order valence-electron chi connectivity index (χ4n) is 1.60. The molecule has 2 aromatic rings. The summed E-state index contributed by atoms with van der Waals surface area (Å²) in [6.07, 6.45) is 1.65. The van der Waals surface area contributed by atoms with E-state index in [1.165, 1.54) is 12.1 Å². The molecule has 2 rings (SSSR count). The lowest BCUT2D eigenvalue weighted by Gasteiger charge is -2.08. The Hall–Kier alpha value is -2.44. The molecule has 0 aromatic heterocycles. The Morgan fingerprint density at radius 1 is 1.05 bits per heavy atom. The summed E-state index contributed by atoms with van der Waals surface area (Å²) < 4.78 is 37.4. The fourth-order valence-corrected chi connectivity index (χ4v) is 2.07. The number of carbonyl (C=O) groups excluding carboxylic acids is 1. The Kier molecular flexibility index (Phi) is 4.21. The SMILES string of the molecule is C=Cc1ccc(C(=O)Oc2ccc(S(=O)(=O)[O-])cc2)cc1. The molecule has 0 amide bonds. The minimum Gasteiger partial charge on any atom is -0.744 e. The van der Waals surface area contributed by atoms with Gasteiger partial charge < -0.3 is 9.29 Å². The number of ether oxygens (including phenoxy) is 1. The van der Waals surface area contributed by atoms with Crippen LogP contribution in [-0.4, -0.2) is 18.9 Å². The minimum atomic E-state index is -4.51. The number of carbonyl (C=O) groups is 1. The van der Waals surface area contributed by atoms with E-state index in [1.54, 1.807) is 30.3 Å². The van der Waals surface area contributed by atoms with Crippen molar-refractivity contribution < 1.29 is 22.5 Å². The van der Waals surface area contributed by atoms with Gasteiger partial charge in [-0.2, -0.15) is 0 Å². The molecule has 0 saturated carbocycles. The maximum atomic E-state index is 11.9.